The number of carbonyl (C=O) groups excluding carboxylic acids is 2. The number of aromatic nitrogens is 1. The molecule has 0 bridgehead atoms. The molecule has 0 aliphatic carbocycles. The molecule has 20 nitrogen and oxygen atoms in total. The van der Waals surface area contributed by atoms with Gasteiger partial charge in [0.1, 0.15) is 17.6 Å². The van der Waals surface area contributed by atoms with E-state index in [0.29, 0.717) is 37.6 Å². The molecule has 0 radical (unpaired) electrons. The van der Waals surface area contributed by atoms with Gasteiger partial charge in [0.25, 0.3) is 11.0 Å². The highest BCUT2D eigenvalue weighted by molar-refractivity contribution is 7.72. The molecule has 2 aromatic carbocycles. The number of pyridine rings is 1. The van der Waals surface area contributed by atoms with Crippen molar-refractivity contribution in [3.8, 4) is 22.8 Å². The smallest absolute Gasteiger partial charge is 0.369 e. The summed E-state index contributed by atoms with van der Waals surface area (Å²) in [5.74, 6) is -1.28. The van der Waals surface area contributed by atoms with Crippen molar-refractivity contribution in [3.05, 3.63) is 88.3 Å². The van der Waals surface area contributed by atoms with Crippen LogP contribution in [0.2, 0.25) is 0 Å². The third kappa shape index (κ3) is 14.1. The van der Waals surface area contributed by atoms with Gasteiger partial charge in [-0.3, -0.25) is 23.5 Å². The number of hydrogen-bond donors (Lipinski definition) is 9. The molecule has 9 N–H and O–H groups in total. The van der Waals surface area contributed by atoms with Crippen LogP contribution < -0.4 is 15.3 Å². The lowest BCUT2D eigenvalue weighted by atomic mass is 10.1. The number of aromatic hydroxyl groups is 2. The number of phenols is 2. The van der Waals surface area contributed by atoms with Gasteiger partial charge in [0.05, 0.1) is 58.2 Å². The molecule has 1 unspecified atom stereocenters. The minimum Gasteiger partial charge on any atom is -0.504 e. The highest BCUT2D eigenvalue weighted by Gasteiger charge is 2.59. The zero-order valence-corrected chi connectivity index (χ0v) is 34.1. The first kappa shape index (κ1) is 48.3. The van der Waals surface area contributed by atoms with Crippen LogP contribution >= 0.6 is 15.2 Å². The lowest BCUT2D eigenvalue weighted by Crippen LogP contribution is -2.40. The largest absolute Gasteiger partial charge is 0.504 e. The highest BCUT2D eigenvalue weighted by atomic mass is 31.2. The van der Waals surface area contributed by atoms with E-state index in [1.54, 1.807) is 24.3 Å². The predicted octanol–water partition coefficient (Wildman–Crippen LogP) is 1.30. The number of nitrogens with zero attached hydrogens (tertiary/aromatic N) is 1. The molecule has 0 saturated carbocycles. The Hall–Kier alpha value is -4.40. The molecule has 1 atom stereocenters. The Morgan fingerprint density at radius 3 is 2.03 bits per heavy atom. The first-order valence-corrected chi connectivity index (χ1v) is 21.8. The fraction of sp³-hybridized carbons (Fsp3) is 0.421. The number of benzene rings is 2. The maximum atomic E-state index is 12.5. The van der Waals surface area contributed by atoms with Crippen molar-refractivity contribution in [3.63, 3.8) is 0 Å². The summed E-state index contributed by atoms with van der Waals surface area (Å²) in [5.41, 5.74) is 0.320. The molecular formula is C38H49N2O18P2+. The van der Waals surface area contributed by atoms with E-state index in [2.05, 4.69) is 5.32 Å². The van der Waals surface area contributed by atoms with Gasteiger partial charge in [-0.2, -0.15) is 0 Å². The summed E-state index contributed by atoms with van der Waals surface area (Å²) in [6.07, 6.45) is 1.03. The summed E-state index contributed by atoms with van der Waals surface area (Å²) in [6.45, 7) is 2.39. The van der Waals surface area contributed by atoms with Gasteiger partial charge in [-0.15, -0.1) is 0 Å². The van der Waals surface area contributed by atoms with Crippen molar-refractivity contribution in [2.24, 2.45) is 0 Å². The molecule has 4 aromatic rings. The molecule has 0 fully saturated rings. The number of rotatable bonds is 26. The number of Topliss-reactive ketones (excluding diaryl/α,β-unsaturated/α-hetero) is 1. The van der Waals surface area contributed by atoms with Crippen molar-refractivity contribution in [1.29, 1.82) is 0 Å². The van der Waals surface area contributed by atoms with Crippen LogP contribution in [-0.4, -0.2) is 122 Å². The second-order valence-corrected chi connectivity index (χ2v) is 17.5. The first-order valence-electron chi connectivity index (χ1n) is 18.6. The first-order chi connectivity index (χ1) is 28.4. The van der Waals surface area contributed by atoms with Crippen molar-refractivity contribution >= 4 is 37.9 Å². The summed E-state index contributed by atoms with van der Waals surface area (Å²) >= 11 is 0. The molecule has 0 saturated heterocycles. The van der Waals surface area contributed by atoms with Crippen LogP contribution in [0.4, 0.5) is 0 Å². The predicted molar refractivity (Wildman–Crippen MR) is 211 cm³/mol. The number of hydrogen-bond acceptors (Lipinski definition) is 14. The number of aliphatic hydroxyl groups excluding tert-OH is 1. The van der Waals surface area contributed by atoms with E-state index in [1.807, 2.05) is 0 Å². The van der Waals surface area contributed by atoms with E-state index < -0.39 is 49.7 Å². The van der Waals surface area contributed by atoms with Gasteiger partial charge in [-0.1, -0.05) is 12.1 Å². The number of ether oxygens (including phenoxy) is 4. The van der Waals surface area contributed by atoms with E-state index in [-0.39, 0.29) is 92.8 Å². The Morgan fingerprint density at radius 2 is 1.42 bits per heavy atom. The molecular weight excluding hydrogens is 834 g/mol. The summed E-state index contributed by atoms with van der Waals surface area (Å²) in [4.78, 5) is 74.7. The summed E-state index contributed by atoms with van der Waals surface area (Å²) in [5, 5.41) is 39.6. The van der Waals surface area contributed by atoms with Crippen molar-refractivity contribution in [2.45, 2.75) is 43.4 Å². The number of phenolic OH excluding ortho intramolecular Hbond substituents is 2. The van der Waals surface area contributed by atoms with Gasteiger partial charge in [-0.05, 0) is 36.8 Å². The zero-order valence-electron chi connectivity index (χ0n) is 32.3. The van der Waals surface area contributed by atoms with Crippen LogP contribution in [0.25, 0.3) is 22.3 Å². The Morgan fingerprint density at radius 1 is 0.817 bits per heavy atom. The number of aliphatic hydroxyl groups is 2. The standard InChI is InChI=1S/C38H48N2O18P2/c41-29(7-8-30(42)25-40-13-1-2-26(24-40)23-38(47,59(48,49)50)60(51,52)53)11-14-54-16-18-56-20-21-57-19-17-55-15-12-39-37(46)28-5-3-27(4-6-28)34-22-33(44)31-9-10-32(43)35(45)36(31)58-34/h1-6,9-10,13,22,24,30,42,47H,7-8,11-12,14-21,23,25H2,(H6-,39,43,44,45,46,48,49,50,51,52,53)/p+1. The second kappa shape index (κ2) is 22.4. The molecule has 0 aliphatic rings. The molecule has 2 heterocycles. The van der Waals surface area contributed by atoms with E-state index in [4.69, 9.17) is 23.4 Å². The molecule has 4 rings (SSSR count). The molecule has 2 aromatic heterocycles. The minimum atomic E-state index is -5.64. The fourth-order valence-corrected chi connectivity index (χ4v) is 7.77. The van der Waals surface area contributed by atoms with E-state index in [9.17, 15) is 63.5 Å². The summed E-state index contributed by atoms with van der Waals surface area (Å²) in [6, 6.07) is 12.8. The quantitative estimate of drug-likeness (QED) is 0.0186. The van der Waals surface area contributed by atoms with Gasteiger partial charge in [0.2, 0.25) is 5.75 Å². The summed E-state index contributed by atoms with van der Waals surface area (Å²) < 4.78 is 52.1. The van der Waals surface area contributed by atoms with Crippen molar-refractivity contribution in [2.75, 3.05) is 59.4 Å². The van der Waals surface area contributed by atoms with Gasteiger partial charge in [0.15, 0.2) is 35.7 Å². The van der Waals surface area contributed by atoms with Crippen LogP contribution in [0.3, 0.4) is 0 Å². The minimum absolute atomic E-state index is 0.00101. The molecule has 60 heavy (non-hydrogen) atoms. The maximum absolute atomic E-state index is 12.5. The van der Waals surface area contributed by atoms with Crippen LogP contribution in [0.5, 0.6) is 11.5 Å². The van der Waals surface area contributed by atoms with Crippen molar-refractivity contribution in [1.82, 2.24) is 5.32 Å². The van der Waals surface area contributed by atoms with Crippen LogP contribution in [0.15, 0.2) is 76.2 Å². The van der Waals surface area contributed by atoms with E-state index >= 15 is 0 Å². The third-order valence-corrected chi connectivity index (χ3v) is 12.7. The lowest BCUT2D eigenvalue weighted by Gasteiger charge is -2.28. The van der Waals surface area contributed by atoms with Gasteiger partial charge in [-0.25, -0.2) is 4.57 Å². The Bertz CT molecular complexity index is 2180. The monoisotopic (exact) mass is 883 g/mol. The average molecular weight is 884 g/mol. The number of ketones is 1. The highest BCUT2D eigenvalue weighted by Crippen LogP contribution is 2.68. The van der Waals surface area contributed by atoms with Crippen LogP contribution in [-0.2, 0) is 45.8 Å². The number of amides is 1. The molecule has 22 heteroatoms. The molecule has 1 amide bonds. The van der Waals surface area contributed by atoms with Crippen LogP contribution in [0, 0.1) is 0 Å². The van der Waals surface area contributed by atoms with Gasteiger partial charge < -0.3 is 68.7 Å². The zero-order chi connectivity index (χ0) is 43.9. The topological polar surface area (TPSA) is 313 Å². The van der Waals surface area contributed by atoms with Gasteiger partial charge >= 0.3 is 15.2 Å². The van der Waals surface area contributed by atoms with E-state index in [1.165, 1.54) is 47.3 Å². The summed E-state index contributed by atoms with van der Waals surface area (Å²) in [7, 11) is -11.3. The number of fused-ring (bicyclic) bond motifs is 1. The van der Waals surface area contributed by atoms with Gasteiger partial charge in [0, 0.05) is 54.6 Å². The van der Waals surface area contributed by atoms with Crippen molar-refractivity contribution < 1.29 is 86.7 Å². The molecule has 0 aliphatic heterocycles. The molecule has 0 spiro atoms. The third-order valence-electron chi connectivity index (χ3n) is 8.93. The maximum Gasteiger partial charge on any atom is 0.369 e. The SMILES string of the molecule is O=C(CCOCCOCCOCCOCCNC(=O)c1ccc(-c2cc(=O)c3ccc(O)c(O)c3o2)cc1)CCC(O)C[n+]1cccc(CC(O)(P(=O)(O)O)P(=O)(O)O)c1. The lowest BCUT2D eigenvalue weighted by molar-refractivity contribution is -0.704. The Kier molecular flexibility index (Phi) is 18.1. The number of nitrogens with one attached hydrogen (secondary N) is 1. The fourth-order valence-electron chi connectivity index (χ4n) is 5.64. The average Bonchev–Trinajstić information content (AvgIpc) is 3.19. The van der Waals surface area contributed by atoms with E-state index in [0.717, 1.165) is 0 Å². The normalized spacial score (nSPS) is 12.8. The van der Waals surface area contributed by atoms with Crippen LogP contribution in [0.1, 0.15) is 35.2 Å². The second-order valence-electron chi connectivity index (χ2n) is 13.5. The number of carbonyl (C=O) groups is 2. The Balaban J connectivity index is 0.977. The Labute approximate surface area is 343 Å². The molecule has 328 valence electrons.